The van der Waals surface area contributed by atoms with Crippen LogP contribution in [0.2, 0.25) is 0 Å². The minimum Gasteiger partial charge on any atom is -0.480 e. The molecule has 0 spiro atoms. The Labute approximate surface area is 81.6 Å². The summed E-state index contributed by atoms with van der Waals surface area (Å²) in [5.41, 5.74) is 5.18. The number of aliphatic carboxylic acids is 1. The third-order valence-electron chi connectivity index (χ3n) is 1.52. The molecule has 0 bridgehead atoms. The molecule has 0 heterocycles. The van der Waals surface area contributed by atoms with E-state index in [9.17, 15) is 14.4 Å². The summed E-state index contributed by atoms with van der Waals surface area (Å²) < 4.78 is 0. The van der Waals surface area contributed by atoms with Gasteiger partial charge in [0.05, 0.1) is 0 Å². The van der Waals surface area contributed by atoms with Crippen molar-refractivity contribution in [3.8, 4) is 0 Å². The maximum Gasteiger partial charge on any atom is 0.320 e. The van der Waals surface area contributed by atoms with E-state index in [2.05, 4.69) is 0 Å². The second-order valence-corrected chi connectivity index (χ2v) is 2.89. The first-order valence-corrected chi connectivity index (χ1v) is 4.13. The minimum absolute atomic E-state index is 0.0389. The zero-order valence-corrected chi connectivity index (χ0v) is 7.90. The van der Waals surface area contributed by atoms with Gasteiger partial charge in [0.1, 0.15) is 6.04 Å². The van der Waals surface area contributed by atoms with Crippen molar-refractivity contribution in [2.24, 2.45) is 5.73 Å². The van der Waals surface area contributed by atoms with Gasteiger partial charge < -0.3 is 10.8 Å². The zero-order chi connectivity index (χ0) is 11.1. The third kappa shape index (κ3) is 6.07. The van der Waals surface area contributed by atoms with Crippen LogP contribution in [0.1, 0.15) is 19.8 Å². The molecule has 3 N–H and O–H groups in total. The molecule has 14 heavy (non-hydrogen) atoms. The average Bonchev–Trinajstić information content (AvgIpc) is 2.10. The molecule has 0 saturated heterocycles. The van der Waals surface area contributed by atoms with Crippen molar-refractivity contribution in [3.63, 3.8) is 0 Å². The Bertz CT molecular complexity index is 270. The number of ketones is 2. The predicted molar refractivity (Wildman–Crippen MR) is 49.7 cm³/mol. The lowest BCUT2D eigenvalue weighted by atomic mass is 10.1. The largest absolute Gasteiger partial charge is 0.480 e. The van der Waals surface area contributed by atoms with Crippen molar-refractivity contribution >= 4 is 17.5 Å². The van der Waals surface area contributed by atoms with E-state index < -0.39 is 12.0 Å². The minimum atomic E-state index is -1.13. The number of carbonyl (C=O) groups excluding carboxylic acids is 2. The molecule has 0 aromatic rings. The summed E-state index contributed by atoms with van der Waals surface area (Å²) in [6.07, 6.45) is 2.40. The Kier molecular flexibility index (Phi) is 5.40. The summed E-state index contributed by atoms with van der Waals surface area (Å²) in [7, 11) is 0. The topological polar surface area (TPSA) is 97.5 Å². The van der Waals surface area contributed by atoms with Gasteiger partial charge in [-0.15, -0.1) is 0 Å². The molecular weight excluding hydrogens is 186 g/mol. The fraction of sp³-hybridized carbons (Fsp3) is 0.444. The second kappa shape index (κ2) is 6.04. The molecular formula is C9H13NO4. The molecule has 0 aromatic carbocycles. The molecule has 1 unspecified atom stereocenters. The first-order valence-electron chi connectivity index (χ1n) is 4.13. The van der Waals surface area contributed by atoms with Crippen LogP contribution in [0.4, 0.5) is 0 Å². The van der Waals surface area contributed by atoms with Gasteiger partial charge in [0.25, 0.3) is 0 Å². The van der Waals surface area contributed by atoms with E-state index in [1.807, 2.05) is 0 Å². The van der Waals surface area contributed by atoms with Crippen LogP contribution >= 0.6 is 0 Å². The van der Waals surface area contributed by atoms with Gasteiger partial charge in [-0.25, -0.2) is 0 Å². The van der Waals surface area contributed by atoms with Crippen LogP contribution in [0.3, 0.4) is 0 Å². The third-order valence-corrected chi connectivity index (χ3v) is 1.52. The first-order chi connectivity index (χ1) is 6.43. The highest BCUT2D eigenvalue weighted by molar-refractivity contribution is 5.97. The molecule has 0 aliphatic carbocycles. The summed E-state index contributed by atoms with van der Waals surface area (Å²) >= 11 is 0. The molecule has 0 amide bonds. The maximum atomic E-state index is 11.0. The lowest BCUT2D eigenvalue weighted by Crippen LogP contribution is -2.30. The Hall–Kier alpha value is -1.49. The van der Waals surface area contributed by atoms with Crippen LogP contribution < -0.4 is 5.73 Å². The van der Waals surface area contributed by atoms with E-state index in [4.69, 9.17) is 10.8 Å². The molecule has 0 aliphatic heterocycles. The Morgan fingerprint density at radius 3 is 2.36 bits per heavy atom. The van der Waals surface area contributed by atoms with E-state index in [0.717, 1.165) is 12.2 Å². The summed E-state index contributed by atoms with van der Waals surface area (Å²) in [4.78, 5) is 31.7. The van der Waals surface area contributed by atoms with Crippen LogP contribution in [0.25, 0.3) is 0 Å². The van der Waals surface area contributed by atoms with Crippen LogP contribution in [0.5, 0.6) is 0 Å². The molecule has 0 fully saturated rings. The Balaban J connectivity index is 3.86. The lowest BCUT2D eigenvalue weighted by molar-refractivity contribution is -0.138. The van der Waals surface area contributed by atoms with E-state index in [0.29, 0.717) is 0 Å². The highest BCUT2D eigenvalue weighted by atomic mass is 16.4. The van der Waals surface area contributed by atoms with Crippen molar-refractivity contribution in [1.82, 2.24) is 0 Å². The van der Waals surface area contributed by atoms with Crippen molar-refractivity contribution < 1.29 is 19.5 Å². The molecule has 5 heteroatoms. The predicted octanol–water partition coefficient (Wildman–Crippen LogP) is -0.107. The molecule has 0 rings (SSSR count). The fourth-order valence-electron chi connectivity index (χ4n) is 0.715. The van der Waals surface area contributed by atoms with Crippen LogP contribution in [-0.4, -0.2) is 28.7 Å². The fourth-order valence-corrected chi connectivity index (χ4v) is 0.715. The van der Waals surface area contributed by atoms with Crippen LogP contribution in [-0.2, 0) is 14.4 Å². The van der Waals surface area contributed by atoms with Crippen molar-refractivity contribution in [3.05, 3.63) is 12.2 Å². The quantitative estimate of drug-likeness (QED) is 0.582. The lowest BCUT2D eigenvalue weighted by Gasteiger charge is -2.02. The van der Waals surface area contributed by atoms with Crippen LogP contribution in [0.15, 0.2) is 12.2 Å². The Morgan fingerprint density at radius 2 is 1.93 bits per heavy atom. The number of carboxylic acids is 1. The van der Waals surface area contributed by atoms with Gasteiger partial charge in [-0.05, 0) is 25.5 Å². The van der Waals surface area contributed by atoms with Crippen molar-refractivity contribution in [1.29, 1.82) is 0 Å². The highest BCUT2D eigenvalue weighted by Crippen LogP contribution is 1.97. The number of hydrogen-bond donors (Lipinski definition) is 2. The first kappa shape index (κ1) is 12.5. The van der Waals surface area contributed by atoms with E-state index in [1.165, 1.54) is 6.92 Å². The molecule has 78 valence electrons. The van der Waals surface area contributed by atoms with Gasteiger partial charge in [0.2, 0.25) is 0 Å². The van der Waals surface area contributed by atoms with Crippen molar-refractivity contribution in [2.45, 2.75) is 25.8 Å². The normalized spacial score (nSPS) is 12.7. The monoisotopic (exact) mass is 199 g/mol. The molecule has 0 radical (unpaired) electrons. The van der Waals surface area contributed by atoms with E-state index in [-0.39, 0.29) is 24.4 Å². The number of allylic oxidation sites excluding steroid dienone is 2. The molecule has 1 atom stereocenters. The Morgan fingerprint density at radius 1 is 1.36 bits per heavy atom. The smallest absolute Gasteiger partial charge is 0.320 e. The number of rotatable bonds is 6. The van der Waals surface area contributed by atoms with E-state index >= 15 is 0 Å². The summed E-state index contributed by atoms with van der Waals surface area (Å²) in [5.74, 6) is -1.65. The van der Waals surface area contributed by atoms with Gasteiger partial charge in [0.15, 0.2) is 11.6 Å². The number of hydrogen-bond acceptors (Lipinski definition) is 4. The van der Waals surface area contributed by atoms with Gasteiger partial charge in [-0.3, -0.25) is 14.4 Å². The maximum absolute atomic E-state index is 11.0. The van der Waals surface area contributed by atoms with Gasteiger partial charge in [-0.2, -0.15) is 0 Å². The summed E-state index contributed by atoms with van der Waals surface area (Å²) in [6.45, 7) is 1.33. The summed E-state index contributed by atoms with van der Waals surface area (Å²) in [5, 5.41) is 8.40. The van der Waals surface area contributed by atoms with Crippen LogP contribution in [0, 0.1) is 0 Å². The highest BCUT2D eigenvalue weighted by Gasteiger charge is 2.12. The van der Waals surface area contributed by atoms with Gasteiger partial charge in [-0.1, -0.05) is 0 Å². The number of nitrogens with two attached hydrogens (primary N) is 1. The molecule has 0 aliphatic rings. The van der Waals surface area contributed by atoms with Crippen molar-refractivity contribution in [2.75, 3.05) is 0 Å². The van der Waals surface area contributed by atoms with Gasteiger partial charge in [0, 0.05) is 6.42 Å². The van der Waals surface area contributed by atoms with Gasteiger partial charge >= 0.3 is 5.97 Å². The number of carboxylic acid groups (broad SMARTS) is 1. The average molecular weight is 199 g/mol. The second-order valence-electron chi connectivity index (χ2n) is 2.89. The van der Waals surface area contributed by atoms with E-state index in [1.54, 1.807) is 0 Å². The molecule has 5 nitrogen and oxygen atoms in total. The standard InChI is InChI=1S/C9H13NO4/c1-6(11)2-3-7(12)4-5-8(10)9(13)14/h2-3,8H,4-5,10H2,1H3,(H,13,14)/b3-2+. The molecule has 0 aromatic heterocycles. The zero-order valence-electron chi connectivity index (χ0n) is 7.90. The SMILES string of the molecule is CC(=O)/C=C/C(=O)CCC(N)C(=O)O. The molecule has 0 saturated carbocycles. The summed E-state index contributed by atoms with van der Waals surface area (Å²) in [6, 6.07) is -1.02. The number of carbonyl (C=O) groups is 3.